The van der Waals surface area contributed by atoms with Gasteiger partial charge in [0.05, 0.1) is 16.7 Å². The van der Waals surface area contributed by atoms with Gasteiger partial charge in [-0.1, -0.05) is 34.6 Å². The Hall–Kier alpha value is -0.450. The van der Waals surface area contributed by atoms with Gasteiger partial charge in [0.25, 0.3) is 0 Å². The molecule has 1 aliphatic carbocycles. The van der Waals surface area contributed by atoms with Gasteiger partial charge in [-0.05, 0) is 23.7 Å². The van der Waals surface area contributed by atoms with E-state index in [-0.39, 0.29) is 23.0 Å². The second-order valence-electron chi connectivity index (χ2n) is 7.41. The maximum atomic E-state index is 10.3. The lowest BCUT2D eigenvalue weighted by Gasteiger charge is -2.31. The van der Waals surface area contributed by atoms with E-state index in [0.29, 0.717) is 0 Å². The molecule has 0 radical (unpaired) electrons. The van der Waals surface area contributed by atoms with Crippen LogP contribution >= 0.6 is 11.3 Å². The van der Waals surface area contributed by atoms with Crippen molar-refractivity contribution in [1.82, 2.24) is 4.98 Å². The van der Waals surface area contributed by atoms with Crippen LogP contribution in [0.1, 0.15) is 68.8 Å². The SMILES string of the molecule is COC(c1nc2c(s1)C(O)CC(C)(C)C2)C(C)(C)C. The zero-order valence-electron chi connectivity index (χ0n) is 12.8. The smallest absolute Gasteiger partial charge is 0.123 e. The van der Waals surface area contributed by atoms with Crippen molar-refractivity contribution in [2.24, 2.45) is 10.8 Å². The van der Waals surface area contributed by atoms with Crippen molar-refractivity contribution >= 4 is 11.3 Å². The summed E-state index contributed by atoms with van der Waals surface area (Å²) in [5.74, 6) is 0. The molecule has 1 heterocycles. The van der Waals surface area contributed by atoms with Crippen LogP contribution in [0.5, 0.6) is 0 Å². The topological polar surface area (TPSA) is 42.4 Å². The highest BCUT2D eigenvalue weighted by Crippen LogP contribution is 2.46. The maximum Gasteiger partial charge on any atom is 0.123 e. The van der Waals surface area contributed by atoms with Crippen LogP contribution in [0.2, 0.25) is 0 Å². The van der Waals surface area contributed by atoms with E-state index in [0.717, 1.165) is 28.4 Å². The number of rotatable bonds is 2. The molecule has 1 N–H and O–H groups in total. The summed E-state index contributed by atoms with van der Waals surface area (Å²) >= 11 is 1.62. The average Bonchev–Trinajstić information content (AvgIpc) is 2.58. The van der Waals surface area contributed by atoms with Crippen molar-refractivity contribution in [3.05, 3.63) is 15.6 Å². The van der Waals surface area contributed by atoms with Crippen LogP contribution in [-0.4, -0.2) is 17.2 Å². The molecule has 0 aromatic carbocycles. The fourth-order valence-corrected chi connectivity index (χ4v) is 4.24. The normalized spacial score (nSPS) is 24.1. The first kappa shape index (κ1) is 14.9. The fourth-order valence-electron chi connectivity index (χ4n) is 2.85. The van der Waals surface area contributed by atoms with E-state index in [4.69, 9.17) is 9.72 Å². The largest absolute Gasteiger partial charge is 0.387 e. The predicted octanol–water partition coefficient (Wildman–Crippen LogP) is 3.88. The second-order valence-corrected chi connectivity index (χ2v) is 8.47. The first-order valence-electron chi connectivity index (χ1n) is 6.84. The Labute approximate surface area is 120 Å². The molecule has 0 saturated heterocycles. The number of aromatic nitrogens is 1. The molecule has 108 valence electrons. The minimum Gasteiger partial charge on any atom is -0.387 e. The number of fused-ring (bicyclic) bond motifs is 1. The number of ether oxygens (including phenoxy) is 1. The highest BCUT2D eigenvalue weighted by atomic mass is 32.1. The van der Waals surface area contributed by atoms with Crippen molar-refractivity contribution in [3.8, 4) is 0 Å². The highest BCUT2D eigenvalue weighted by Gasteiger charge is 2.37. The molecule has 2 atom stereocenters. The number of aliphatic hydroxyl groups excluding tert-OH is 1. The van der Waals surface area contributed by atoms with Crippen molar-refractivity contribution in [2.75, 3.05) is 7.11 Å². The van der Waals surface area contributed by atoms with E-state index in [1.54, 1.807) is 18.4 Å². The lowest BCUT2D eigenvalue weighted by atomic mass is 9.77. The molecule has 0 bridgehead atoms. The molecule has 0 fully saturated rings. The minimum atomic E-state index is -0.373. The molecule has 0 spiro atoms. The van der Waals surface area contributed by atoms with Crippen molar-refractivity contribution < 1.29 is 9.84 Å². The summed E-state index contributed by atoms with van der Waals surface area (Å²) < 4.78 is 5.63. The van der Waals surface area contributed by atoms with Gasteiger partial charge in [0.2, 0.25) is 0 Å². The number of nitrogens with zero attached hydrogens (tertiary/aromatic N) is 1. The summed E-state index contributed by atoms with van der Waals surface area (Å²) in [4.78, 5) is 5.81. The zero-order chi connectivity index (χ0) is 14.4. The van der Waals surface area contributed by atoms with E-state index in [2.05, 4.69) is 34.6 Å². The maximum absolute atomic E-state index is 10.3. The lowest BCUT2D eigenvalue weighted by molar-refractivity contribution is 0.0149. The highest BCUT2D eigenvalue weighted by molar-refractivity contribution is 7.11. The number of methoxy groups -OCH3 is 1. The summed E-state index contributed by atoms with van der Waals surface area (Å²) in [7, 11) is 1.73. The molecule has 1 aliphatic rings. The molecule has 3 nitrogen and oxygen atoms in total. The van der Waals surface area contributed by atoms with E-state index in [1.807, 2.05) is 0 Å². The molecule has 4 heteroatoms. The molecule has 19 heavy (non-hydrogen) atoms. The molecule has 2 unspecified atom stereocenters. The van der Waals surface area contributed by atoms with Crippen molar-refractivity contribution in [3.63, 3.8) is 0 Å². The van der Waals surface area contributed by atoms with Crippen LogP contribution in [-0.2, 0) is 11.2 Å². The number of hydrogen-bond acceptors (Lipinski definition) is 4. The predicted molar refractivity (Wildman–Crippen MR) is 78.4 cm³/mol. The summed E-state index contributed by atoms with van der Waals surface area (Å²) in [5, 5.41) is 11.3. The second kappa shape index (κ2) is 4.83. The average molecular weight is 283 g/mol. The van der Waals surface area contributed by atoms with Gasteiger partial charge in [0, 0.05) is 7.11 Å². The Morgan fingerprint density at radius 3 is 2.58 bits per heavy atom. The van der Waals surface area contributed by atoms with Gasteiger partial charge >= 0.3 is 0 Å². The molecule has 2 rings (SSSR count). The van der Waals surface area contributed by atoms with Gasteiger partial charge < -0.3 is 9.84 Å². The number of hydrogen-bond donors (Lipinski definition) is 1. The third kappa shape index (κ3) is 3.01. The van der Waals surface area contributed by atoms with E-state index in [1.165, 1.54) is 0 Å². The van der Waals surface area contributed by atoms with Crippen LogP contribution in [0.4, 0.5) is 0 Å². The van der Waals surface area contributed by atoms with Gasteiger partial charge in [-0.15, -0.1) is 11.3 Å². The van der Waals surface area contributed by atoms with Crippen molar-refractivity contribution in [1.29, 1.82) is 0 Å². The number of thiazole rings is 1. The molecular formula is C15H25NO2S. The quantitative estimate of drug-likeness (QED) is 0.895. The zero-order valence-corrected chi connectivity index (χ0v) is 13.6. The van der Waals surface area contributed by atoms with E-state index >= 15 is 0 Å². The van der Waals surface area contributed by atoms with Gasteiger partial charge in [0.1, 0.15) is 11.1 Å². The molecule has 1 aromatic heterocycles. The first-order valence-corrected chi connectivity index (χ1v) is 7.66. The Morgan fingerprint density at radius 2 is 2.05 bits per heavy atom. The third-order valence-electron chi connectivity index (χ3n) is 3.69. The van der Waals surface area contributed by atoms with Crippen LogP contribution in [0.15, 0.2) is 0 Å². The minimum absolute atomic E-state index is 0.00959. The Morgan fingerprint density at radius 1 is 1.42 bits per heavy atom. The van der Waals surface area contributed by atoms with E-state index < -0.39 is 0 Å². The molecule has 1 aromatic rings. The van der Waals surface area contributed by atoms with Gasteiger partial charge in [0.15, 0.2) is 0 Å². The fraction of sp³-hybridized carbons (Fsp3) is 0.800. The van der Waals surface area contributed by atoms with E-state index in [9.17, 15) is 5.11 Å². The molecule has 0 saturated carbocycles. The first-order chi connectivity index (χ1) is 8.64. The summed E-state index contributed by atoms with van der Waals surface area (Å²) in [6, 6.07) is 0. The number of aliphatic hydroxyl groups is 1. The molecule has 0 amide bonds. The van der Waals surface area contributed by atoms with Gasteiger partial charge in [-0.2, -0.15) is 0 Å². The summed E-state index contributed by atoms with van der Waals surface area (Å²) in [6.45, 7) is 10.8. The van der Waals surface area contributed by atoms with Crippen LogP contribution in [0, 0.1) is 10.8 Å². The Bertz CT molecular complexity index is 459. The van der Waals surface area contributed by atoms with Crippen LogP contribution in [0.25, 0.3) is 0 Å². The monoisotopic (exact) mass is 283 g/mol. The summed E-state index contributed by atoms with van der Waals surface area (Å²) in [6.07, 6.45) is 1.37. The Balaban J connectivity index is 2.37. The molecular weight excluding hydrogens is 258 g/mol. The van der Waals surface area contributed by atoms with Gasteiger partial charge in [-0.3, -0.25) is 0 Å². The lowest BCUT2D eigenvalue weighted by Crippen LogP contribution is -2.24. The standard InChI is InChI=1S/C15H25NO2S/c1-14(2,3)12(18-6)13-16-9-7-15(4,5)8-10(17)11(9)19-13/h10,12,17H,7-8H2,1-6H3. The van der Waals surface area contributed by atoms with Gasteiger partial charge in [-0.25, -0.2) is 4.98 Å². The van der Waals surface area contributed by atoms with Crippen LogP contribution in [0.3, 0.4) is 0 Å². The third-order valence-corrected chi connectivity index (χ3v) is 4.93. The van der Waals surface area contributed by atoms with Crippen LogP contribution < -0.4 is 0 Å². The Kier molecular flexibility index (Phi) is 3.80. The molecule has 0 aliphatic heterocycles. The van der Waals surface area contributed by atoms with Crippen molar-refractivity contribution in [2.45, 2.75) is 59.7 Å². The summed E-state index contributed by atoms with van der Waals surface area (Å²) in [5.41, 5.74) is 1.20.